The van der Waals surface area contributed by atoms with E-state index in [-0.39, 0.29) is 10.8 Å². The van der Waals surface area contributed by atoms with Crippen LogP contribution < -0.4 is 9.62 Å². The topological polar surface area (TPSA) is 88.3 Å². The molecule has 152 valence electrons. The number of benzene rings is 2. The zero-order valence-electron chi connectivity index (χ0n) is 16.5. The normalized spacial score (nSPS) is 15.6. The third-order valence-corrected chi connectivity index (χ3v) is 6.63. The molecule has 1 atom stereocenters. The molecule has 0 bridgehead atoms. The predicted octanol–water partition coefficient (Wildman–Crippen LogP) is 3.68. The smallest absolute Gasteiger partial charge is 0.244 e. The molecule has 1 aliphatic rings. The Bertz CT molecular complexity index is 1070. The zero-order chi connectivity index (χ0) is 20.4. The zero-order valence-corrected chi connectivity index (χ0v) is 17.3. The predicted molar refractivity (Wildman–Crippen MR) is 111 cm³/mol. The van der Waals surface area contributed by atoms with Crippen molar-refractivity contribution >= 4 is 15.7 Å². The summed E-state index contributed by atoms with van der Waals surface area (Å²) in [4.78, 5) is 6.94. The van der Waals surface area contributed by atoms with Gasteiger partial charge in [0.2, 0.25) is 21.7 Å². The van der Waals surface area contributed by atoms with E-state index in [4.69, 9.17) is 4.52 Å². The summed E-state index contributed by atoms with van der Waals surface area (Å²) in [6, 6.07) is 14.1. The summed E-state index contributed by atoms with van der Waals surface area (Å²) < 4.78 is 33.0. The molecule has 7 nitrogen and oxygen atoms in total. The Morgan fingerprint density at radius 2 is 1.69 bits per heavy atom. The molecule has 2 aromatic carbocycles. The van der Waals surface area contributed by atoms with Gasteiger partial charge in [-0.3, -0.25) is 0 Å². The lowest BCUT2D eigenvalue weighted by Crippen LogP contribution is -2.27. The molecule has 0 saturated carbocycles. The molecular weight excluding hydrogens is 388 g/mol. The average molecular weight is 413 g/mol. The highest BCUT2D eigenvalue weighted by Gasteiger charge is 2.23. The molecule has 4 rings (SSSR count). The molecule has 2 heterocycles. The van der Waals surface area contributed by atoms with Gasteiger partial charge in [0.05, 0.1) is 10.9 Å². The molecule has 8 heteroatoms. The number of hydrogen-bond donors (Lipinski definition) is 1. The van der Waals surface area contributed by atoms with Crippen molar-refractivity contribution in [3.8, 4) is 11.4 Å². The van der Waals surface area contributed by atoms with Crippen LogP contribution in [0.2, 0.25) is 0 Å². The molecule has 29 heavy (non-hydrogen) atoms. The summed E-state index contributed by atoms with van der Waals surface area (Å²) in [7, 11) is -3.68. The first kappa shape index (κ1) is 19.6. The minimum atomic E-state index is -3.68. The molecule has 0 aliphatic carbocycles. The lowest BCUT2D eigenvalue weighted by atomic mass is 10.2. The van der Waals surface area contributed by atoms with Crippen LogP contribution in [0.3, 0.4) is 0 Å². The number of nitrogens with one attached hydrogen (secondary N) is 1. The van der Waals surface area contributed by atoms with Gasteiger partial charge in [0.1, 0.15) is 0 Å². The maximum atomic E-state index is 12.6. The Hall–Kier alpha value is -2.71. The van der Waals surface area contributed by atoms with Crippen molar-refractivity contribution in [2.75, 3.05) is 18.0 Å². The Morgan fingerprint density at radius 3 is 2.34 bits per heavy atom. The van der Waals surface area contributed by atoms with Crippen molar-refractivity contribution in [3.63, 3.8) is 0 Å². The average Bonchev–Trinajstić information content (AvgIpc) is 3.40. The molecule has 1 aromatic heterocycles. The number of nitrogens with zero attached hydrogens (tertiary/aromatic N) is 3. The van der Waals surface area contributed by atoms with Crippen LogP contribution in [0.4, 0.5) is 5.69 Å². The van der Waals surface area contributed by atoms with Crippen LogP contribution >= 0.6 is 0 Å². The summed E-state index contributed by atoms with van der Waals surface area (Å²) in [5.41, 5.74) is 3.01. The van der Waals surface area contributed by atoms with Gasteiger partial charge in [-0.1, -0.05) is 22.9 Å². The fourth-order valence-corrected chi connectivity index (χ4v) is 4.59. The van der Waals surface area contributed by atoms with E-state index < -0.39 is 16.1 Å². The minimum absolute atomic E-state index is 0.201. The monoisotopic (exact) mass is 412 g/mol. The van der Waals surface area contributed by atoms with Gasteiger partial charge in [0.25, 0.3) is 0 Å². The van der Waals surface area contributed by atoms with Crippen molar-refractivity contribution in [2.24, 2.45) is 0 Å². The Balaban J connectivity index is 1.47. The minimum Gasteiger partial charge on any atom is -0.372 e. The molecular formula is C21H24N4O3S. The first-order valence-electron chi connectivity index (χ1n) is 9.70. The van der Waals surface area contributed by atoms with Gasteiger partial charge in [0.15, 0.2) is 0 Å². The second kappa shape index (κ2) is 7.96. The highest BCUT2D eigenvalue weighted by molar-refractivity contribution is 7.89. The van der Waals surface area contributed by atoms with Crippen LogP contribution in [0.25, 0.3) is 11.4 Å². The molecule has 0 unspecified atom stereocenters. The molecule has 3 aromatic rings. The van der Waals surface area contributed by atoms with Gasteiger partial charge in [-0.2, -0.15) is 9.71 Å². The van der Waals surface area contributed by atoms with E-state index in [1.807, 2.05) is 19.1 Å². The van der Waals surface area contributed by atoms with Crippen molar-refractivity contribution in [2.45, 2.75) is 37.6 Å². The third-order valence-electron chi connectivity index (χ3n) is 5.07. The Kier molecular flexibility index (Phi) is 5.38. The van der Waals surface area contributed by atoms with Crippen molar-refractivity contribution in [1.82, 2.24) is 14.9 Å². The molecule has 1 N–H and O–H groups in total. The standard InChI is InChI=1S/C21H24N4O3S/c1-15-5-11-19(12-6-15)29(26,27)24-16(2)21-22-20(23-28-21)17-7-9-18(10-8-17)25-13-3-4-14-25/h5-12,16,24H,3-4,13-14H2,1-2H3/t16-/m0/s1. The van der Waals surface area contributed by atoms with Crippen LogP contribution in [0.15, 0.2) is 57.9 Å². The fraction of sp³-hybridized carbons (Fsp3) is 0.333. The van der Waals surface area contributed by atoms with Crippen LogP contribution in [-0.2, 0) is 10.0 Å². The quantitative estimate of drug-likeness (QED) is 0.664. The Morgan fingerprint density at radius 1 is 1.03 bits per heavy atom. The molecule has 0 spiro atoms. The molecule has 1 aliphatic heterocycles. The largest absolute Gasteiger partial charge is 0.372 e. The van der Waals surface area contributed by atoms with Crippen LogP contribution in [-0.4, -0.2) is 31.6 Å². The van der Waals surface area contributed by atoms with Gasteiger partial charge >= 0.3 is 0 Å². The van der Waals surface area contributed by atoms with E-state index in [0.717, 1.165) is 24.2 Å². The lowest BCUT2D eigenvalue weighted by Gasteiger charge is -2.17. The van der Waals surface area contributed by atoms with Crippen molar-refractivity contribution in [3.05, 3.63) is 60.0 Å². The van der Waals surface area contributed by atoms with Crippen LogP contribution in [0.1, 0.15) is 37.3 Å². The summed E-state index contributed by atoms with van der Waals surface area (Å²) in [5.74, 6) is 0.661. The summed E-state index contributed by atoms with van der Waals surface area (Å²) in [5, 5.41) is 4.01. The maximum absolute atomic E-state index is 12.6. The van der Waals surface area contributed by atoms with E-state index in [1.165, 1.54) is 18.5 Å². The van der Waals surface area contributed by atoms with E-state index >= 15 is 0 Å². The molecule has 0 radical (unpaired) electrons. The number of sulfonamides is 1. The van der Waals surface area contributed by atoms with Crippen LogP contribution in [0, 0.1) is 6.92 Å². The van der Waals surface area contributed by atoms with Crippen molar-refractivity contribution in [1.29, 1.82) is 0 Å². The highest BCUT2D eigenvalue weighted by atomic mass is 32.2. The number of aromatic nitrogens is 2. The molecule has 1 fully saturated rings. The number of aryl methyl sites for hydroxylation is 1. The first-order valence-corrected chi connectivity index (χ1v) is 11.2. The number of rotatable bonds is 6. The van der Waals surface area contributed by atoms with E-state index in [0.29, 0.717) is 5.82 Å². The summed E-state index contributed by atoms with van der Waals surface area (Å²) >= 11 is 0. The molecule has 0 amide bonds. The Labute approximate surface area is 170 Å². The van der Waals surface area contributed by atoms with Gasteiger partial charge < -0.3 is 9.42 Å². The highest BCUT2D eigenvalue weighted by Crippen LogP contribution is 2.25. The lowest BCUT2D eigenvalue weighted by molar-refractivity contribution is 0.354. The number of hydrogen-bond acceptors (Lipinski definition) is 6. The second-order valence-electron chi connectivity index (χ2n) is 7.35. The first-order chi connectivity index (χ1) is 13.9. The molecule has 1 saturated heterocycles. The fourth-order valence-electron chi connectivity index (χ4n) is 3.39. The van der Waals surface area contributed by atoms with E-state index in [9.17, 15) is 8.42 Å². The number of anilines is 1. The van der Waals surface area contributed by atoms with E-state index in [2.05, 4.69) is 31.9 Å². The van der Waals surface area contributed by atoms with Gasteiger partial charge in [-0.25, -0.2) is 8.42 Å². The van der Waals surface area contributed by atoms with Crippen molar-refractivity contribution < 1.29 is 12.9 Å². The van der Waals surface area contributed by atoms with E-state index in [1.54, 1.807) is 31.2 Å². The summed E-state index contributed by atoms with van der Waals surface area (Å²) in [6.45, 7) is 5.76. The third kappa shape index (κ3) is 4.33. The van der Waals surface area contributed by atoms with Gasteiger partial charge in [0, 0.05) is 24.3 Å². The summed E-state index contributed by atoms with van der Waals surface area (Å²) in [6.07, 6.45) is 2.46. The van der Waals surface area contributed by atoms with Gasteiger partial charge in [-0.05, 0) is 63.1 Å². The maximum Gasteiger partial charge on any atom is 0.244 e. The second-order valence-corrected chi connectivity index (χ2v) is 9.07. The van der Waals surface area contributed by atoms with Gasteiger partial charge in [-0.15, -0.1) is 0 Å². The van der Waals surface area contributed by atoms with Crippen LogP contribution in [0.5, 0.6) is 0 Å². The SMILES string of the molecule is Cc1ccc(S(=O)(=O)N[C@@H](C)c2nc(-c3ccc(N4CCCC4)cc3)no2)cc1.